The molecule has 27 heavy (non-hydrogen) atoms. The maximum absolute atomic E-state index is 12.8. The fourth-order valence-electron chi connectivity index (χ4n) is 3.13. The van der Waals surface area contributed by atoms with E-state index in [-0.39, 0.29) is 18.9 Å². The van der Waals surface area contributed by atoms with Gasteiger partial charge in [-0.25, -0.2) is 4.79 Å². The van der Waals surface area contributed by atoms with Gasteiger partial charge in [0.15, 0.2) is 0 Å². The van der Waals surface area contributed by atoms with E-state index in [2.05, 4.69) is 5.32 Å². The van der Waals surface area contributed by atoms with E-state index < -0.39 is 11.9 Å². The number of carbonyl (C=O) groups is 2. The molecular formula is C21H19Cl2NO3. The number of halogens is 2. The van der Waals surface area contributed by atoms with Crippen molar-refractivity contribution in [3.8, 4) is 0 Å². The third kappa shape index (κ3) is 4.52. The number of carbonyl (C=O) groups excluding carboxylic acids is 2. The van der Waals surface area contributed by atoms with Crippen molar-refractivity contribution >= 4 is 35.1 Å². The Labute approximate surface area is 168 Å². The van der Waals surface area contributed by atoms with Gasteiger partial charge in [0.05, 0.1) is 5.57 Å². The molecule has 1 amide bonds. The Morgan fingerprint density at radius 3 is 2.52 bits per heavy atom. The smallest absolute Gasteiger partial charge is 0.336 e. The quantitative estimate of drug-likeness (QED) is 0.736. The highest BCUT2D eigenvalue weighted by Crippen LogP contribution is 2.38. The Balaban J connectivity index is 1.86. The van der Waals surface area contributed by atoms with Gasteiger partial charge < -0.3 is 10.1 Å². The molecule has 0 saturated carbocycles. The largest absolute Gasteiger partial charge is 0.457 e. The average molecular weight is 404 g/mol. The number of esters is 1. The first-order valence-electron chi connectivity index (χ1n) is 8.53. The summed E-state index contributed by atoms with van der Waals surface area (Å²) in [7, 11) is 0. The van der Waals surface area contributed by atoms with Crippen LogP contribution in [0.4, 0.5) is 0 Å². The molecule has 0 fully saturated rings. The lowest BCUT2D eigenvalue weighted by molar-refractivity contribution is -0.141. The monoisotopic (exact) mass is 403 g/mol. The Bertz CT molecular complexity index is 920. The summed E-state index contributed by atoms with van der Waals surface area (Å²) < 4.78 is 5.51. The fraction of sp³-hybridized carbons (Fsp3) is 0.238. The standard InChI is InChI=1S/C21H19Cl2NO3/c1-12-3-5-14(6-4-12)11-27-21(26)20-13(2)24-19(25)10-17(20)16-8-7-15(22)9-18(16)23/h3-9,17H,10-11H2,1-2H3,(H,24,25)/t17-/m0/s1. The summed E-state index contributed by atoms with van der Waals surface area (Å²) in [5.74, 6) is -1.11. The molecule has 0 saturated heterocycles. The molecule has 1 aliphatic rings. The molecule has 1 heterocycles. The van der Waals surface area contributed by atoms with E-state index in [4.69, 9.17) is 27.9 Å². The van der Waals surface area contributed by atoms with Crippen LogP contribution < -0.4 is 5.32 Å². The maximum atomic E-state index is 12.8. The first-order valence-corrected chi connectivity index (χ1v) is 9.29. The highest BCUT2D eigenvalue weighted by molar-refractivity contribution is 6.35. The third-order valence-electron chi connectivity index (χ3n) is 4.52. The van der Waals surface area contributed by atoms with Gasteiger partial charge in [-0.15, -0.1) is 0 Å². The number of rotatable bonds is 4. The lowest BCUT2D eigenvalue weighted by Crippen LogP contribution is -2.34. The average Bonchev–Trinajstić information content (AvgIpc) is 2.60. The van der Waals surface area contributed by atoms with Crippen molar-refractivity contribution in [2.45, 2.75) is 32.8 Å². The lowest BCUT2D eigenvalue weighted by atomic mass is 9.84. The molecule has 6 heteroatoms. The van der Waals surface area contributed by atoms with Crippen molar-refractivity contribution in [2.75, 3.05) is 0 Å². The van der Waals surface area contributed by atoms with Gasteiger partial charge >= 0.3 is 5.97 Å². The summed E-state index contributed by atoms with van der Waals surface area (Å²) in [4.78, 5) is 24.9. The van der Waals surface area contributed by atoms with Crippen molar-refractivity contribution < 1.29 is 14.3 Å². The van der Waals surface area contributed by atoms with E-state index in [0.717, 1.165) is 11.1 Å². The summed E-state index contributed by atoms with van der Waals surface area (Å²) in [5.41, 5.74) is 3.60. The van der Waals surface area contributed by atoms with Gasteiger partial charge in [0.2, 0.25) is 5.91 Å². The first kappa shape index (κ1) is 19.5. The number of allylic oxidation sites excluding steroid dienone is 1. The molecule has 2 aromatic carbocycles. The zero-order valence-electron chi connectivity index (χ0n) is 15.0. The zero-order chi connectivity index (χ0) is 19.6. The second-order valence-corrected chi connectivity index (χ2v) is 7.41. The van der Waals surface area contributed by atoms with Crippen molar-refractivity contribution in [3.63, 3.8) is 0 Å². The van der Waals surface area contributed by atoms with Gasteiger partial charge in [0, 0.05) is 28.1 Å². The lowest BCUT2D eigenvalue weighted by Gasteiger charge is -2.27. The molecule has 0 radical (unpaired) electrons. The molecule has 140 valence electrons. The van der Waals surface area contributed by atoms with Crippen LogP contribution in [0.3, 0.4) is 0 Å². The van der Waals surface area contributed by atoms with E-state index in [9.17, 15) is 9.59 Å². The number of amides is 1. The number of nitrogens with one attached hydrogen (secondary N) is 1. The Kier molecular flexibility index (Phi) is 5.88. The van der Waals surface area contributed by atoms with Crippen LogP contribution in [0.1, 0.15) is 36.0 Å². The molecule has 0 unspecified atom stereocenters. The van der Waals surface area contributed by atoms with Crippen LogP contribution in [0.2, 0.25) is 10.0 Å². The van der Waals surface area contributed by atoms with Gasteiger partial charge in [-0.2, -0.15) is 0 Å². The van der Waals surface area contributed by atoms with Crippen LogP contribution in [0, 0.1) is 6.92 Å². The van der Waals surface area contributed by atoms with Crippen LogP contribution in [0.25, 0.3) is 0 Å². The maximum Gasteiger partial charge on any atom is 0.336 e. The SMILES string of the molecule is CC1=C(C(=O)OCc2ccc(C)cc2)[C@H](c2ccc(Cl)cc2Cl)CC(=O)N1. The minimum Gasteiger partial charge on any atom is -0.457 e. The fourth-order valence-corrected chi connectivity index (χ4v) is 3.67. The molecule has 0 bridgehead atoms. The van der Waals surface area contributed by atoms with Crippen molar-refractivity contribution in [2.24, 2.45) is 0 Å². The van der Waals surface area contributed by atoms with Crippen molar-refractivity contribution in [1.82, 2.24) is 5.32 Å². The van der Waals surface area contributed by atoms with E-state index in [1.165, 1.54) is 0 Å². The molecule has 2 aromatic rings. The van der Waals surface area contributed by atoms with Gasteiger partial charge in [-0.1, -0.05) is 59.1 Å². The Morgan fingerprint density at radius 2 is 1.85 bits per heavy atom. The van der Waals surface area contributed by atoms with E-state index >= 15 is 0 Å². The van der Waals surface area contributed by atoms with Crippen LogP contribution in [0.5, 0.6) is 0 Å². The number of aryl methyl sites for hydroxylation is 1. The zero-order valence-corrected chi connectivity index (χ0v) is 16.5. The Hall–Kier alpha value is -2.30. The van der Waals surface area contributed by atoms with Crippen molar-refractivity contribution in [3.05, 3.63) is 80.5 Å². The number of ether oxygens (including phenoxy) is 1. The number of hydrogen-bond acceptors (Lipinski definition) is 3. The third-order valence-corrected chi connectivity index (χ3v) is 5.08. The minimum absolute atomic E-state index is 0.119. The second kappa shape index (κ2) is 8.15. The summed E-state index contributed by atoms with van der Waals surface area (Å²) in [6.07, 6.45) is 0.119. The van der Waals surface area contributed by atoms with Crippen LogP contribution in [0.15, 0.2) is 53.7 Å². The highest BCUT2D eigenvalue weighted by Gasteiger charge is 2.33. The first-order chi connectivity index (χ1) is 12.8. The van der Waals surface area contributed by atoms with Crippen molar-refractivity contribution in [1.29, 1.82) is 0 Å². The molecule has 4 nitrogen and oxygen atoms in total. The number of hydrogen-bond donors (Lipinski definition) is 1. The molecule has 1 aliphatic heterocycles. The normalized spacial score (nSPS) is 16.9. The van der Waals surface area contributed by atoms with Crippen LogP contribution in [-0.2, 0) is 20.9 Å². The molecule has 0 aromatic heterocycles. The summed E-state index contributed by atoms with van der Waals surface area (Å²) in [5, 5.41) is 3.63. The van der Waals surface area contributed by atoms with Gasteiger partial charge in [-0.3, -0.25) is 4.79 Å². The van der Waals surface area contributed by atoms with Gasteiger partial charge in [-0.05, 0) is 37.1 Å². The molecule has 1 atom stereocenters. The summed E-state index contributed by atoms with van der Waals surface area (Å²) in [6, 6.07) is 12.8. The predicted octanol–water partition coefficient (Wildman–Crippen LogP) is 4.92. The molecular weight excluding hydrogens is 385 g/mol. The molecule has 3 rings (SSSR count). The van der Waals surface area contributed by atoms with E-state index in [1.807, 2.05) is 31.2 Å². The molecule has 0 aliphatic carbocycles. The molecule has 1 N–H and O–H groups in total. The van der Waals surface area contributed by atoms with E-state index in [0.29, 0.717) is 26.9 Å². The molecule has 0 spiro atoms. The van der Waals surface area contributed by atoms with E-state index in [1.54, 1.807) is 25.1 Å². The summed E-state index contributed by atoms with van der Waals surface area (Å²) in [6.45, 7) is 3.84. The van der Waals surface area contributed by atoms with Gasteiger partial charge in [0.1, 0.15) is 6.61 Å². The number of benzene rings is 2. The summed E-state index contributed by atoms with van der Waals surface area (Å²) >= 11 is 12.3. The topological polar surface area (TPSA) is 55.4 Å². The highest BCUT2D eigenvalue weighted by atomic mass is 35.5. The van der Waals surface area contributed by atoms with Crippen LogP contribution in [-0.4, -0.2) is 11.9 Å². The Morgan fingerprint density at radius 1 is 1.15 bits per heavy atom. The van der Waals surface area contributed by atoms with Crippen LogP contribution >= 0.6 is 23.2 Å². The second-order valence-electron chi connectivity index (χ2n) is 6.57. The van der Waals surface area contributed by atoms with Gasteiger partial charge in [0.25, 0.3) is 0 Å². The predicted molar refractivity (Wildman–Crippen MR) is 106 cm³/mol. The minimum atomic E-state index is -0.478.